The monoisotopic (exact) mass is 274 g/mol. The van der Waals surface area contributed by atoms with Crippen molar-refractivity contribution < 1.29 is 5.11 Å². The van der Waals surface area contributed by atoms with Gasteiger partial charge in [0.1, 0.15) is 0 Å². The first kappa shape index (κ1) is 12.8. The molecule has 3 rings (SSSR count). The number of rotatable bonds is 4. The Balaban J connectivity index is 1.65. The van der Waals surface area contributed by atoms with Crippen molar-refractivity contribution in [2.45, 2.75) is 31.4 Å². The molecule has 1 aliphatic carbocycles. The summed E-state index contributed by atoms with van der Waals surface area (Å²) in [6, 6.07) is 6.41. The van der Waals surface area contributed by atoms with Gasteiger partial charge in [0, 0.05) is 18.8 Å². The molecule has 0 amide bonds. The average molecular weight is 274 g/mol. The van der Waals surface area contributed by atoms with Crippen molar-refractivity contribution in [3.05, 3.63) is 52.0 Å². The third-order valence-electron chi connectivity index (χ3n) is 3.68. The van der Waals surface area contributed by atoms with Gasteiger partial charge in [-0.05, 0) is 53.3 Å². The van der Waals surface area contributed by atoms with Gasteiger partial charge in [-0.1, -0.05) is 6.07 Å². The summed E-state index contributed by atoms with van der Waals surface area (Å²) in [5.41, 5.74) is 3.50. The van der Waals surface area contributed by atoms with E-state index in [-0.39, 0.29) is 6.04 Å². The minimum absolute atomic E-state index is 0.276. The first-order valence-electron chi connectivity index (χ1n) is 6.72. The van der Waals surface area contributed by atoms with Crippen LogP contribution in [-0.2, 0) is 6.42 Å². The highest BCUT2D eigenvalue weighted by atomic mass is 32.1. The average Bonchev–Trinajstić information content (AvgIpc) is 2.99. The number of nitrogens with one attached hydrogen (secondary N) is 1. The van der Waals surface area contributed by atoms with Crippen LogP contribution in [0, 0.1) is 0 Å². The lowest BCUT2D eigenvalue weighted by Crippen LogP contribution is -2.29. The number of fused-ring (bicyclic) bond motifs is 1. The molecule has 1 aliphatic rings. The molecule has 2 heterocycles. The molecule has 19 heavy (non-hydrogen) atoms. The van der Waals surface area contributed by atoms with E-state index in [1.54, 1.807) is 11.3 Å². The van der Waals surface area contributed by atoms with Crippen molar-refractivity contribution >= 4 is 11.3 Å². The van der Waals surface area contributed by atoms with Crippen molar-refractivity contribution in [2.24, 2.45) is 0 Å². The van der Waals surface area contributed by atoms with Gasteiger partial charge in [-0.2, -0.15) is 11.3 Å². The van der Waals surface area contributed by atoms with Crippen LogP contribution >= 0.6 is 11.3 Å². The second-order valence-electron chi connectivity index (χ2n) is 4.97. The van der Waals surface area contributed by atoms with Gasteiger partial charge in [-0.15, -0.1) is 0 Å². The summed E-state index contributed by atoms with van der Waals surface area (Å²) in [5, 5.41) is 17.6. The molecule has 2 aromatic heterocycles. The lowest BCUT2D eigenvalue weighted by Gasteiger charge is -2.26. The van der Waals surface area contributed by atoms with E-state index in [0.717, 1.165) is 24.1 Å². The summed E-state index contributed by atoms with van der Waals surface area (Å²) >= 11 is 1.62. The Hall–Kier alpha value is -1.23. The Morgan fingerprint density at radius 3 is 3.26 bits per heavy atom. The Morgan fingerprint density at radius 1 is 1.47 bits per heavy atom. The summed E-state index contributed by atoms with van der Waals surface area (Å²) in [4.78, 5) is 4.50. The number of thiophene rings is 1. The second kappa shape index (κ2) is 5.82. The highest BCUT2D eigenvalue weighted by Crippen LogP contribution is 2.28. The number of hydrogen-bond acceptors (Lipinski definition) is 4. The topological polar surface area (TPSA) is 45.1 Å². The Morgan fingerprint density at radius 2 is 2.42 bits per heavy atom. The van der Waals surface area contributed by atoms with Gasteiger partial charge < -0.3 is 10.4 Å². The van der Waals surface area contributed by atoms with Crippen LogP contribution in [0.2, 0.25) is 0 Å². The predicted molar refractivity (Wildman–Crippen MR) is 77.2 cm³/mol. The van der Waals surface area contributed by atoms with E-state index in [9.17, 15) is 5.11 Å². The van der Waals surface area contributed by atoms with Crippen LogP contribution in [0.25, 0.3) is 0 Å². The predicted octanol–water partition coefficient (Wildman–Crippen LogP) is 2.84. The SMILES string of the molecule is OC(CNC1CCCc2cccnc21)c1ccsc1. The lowest BCUT2D eigenvalue weighted by molar-refractivity contribution is 0.168. The minimum atomic E-state index is -0.430. The molecule has 0 saturated carbocycles. The van der Waals surface area contributed by atoms with Gasteiger partial charge in [0.2, 0.25) is 0 Å². The molecule has 0 radical (unpaired) electrons. The smallest absolute Gasteiger partial charge is 0.0922 e. The summed E-state index contributed by atoms with van der Waals surface area (Å²) in [7, 11) is 0. The maximum Gasteiger partial charge on any atom is 0.0922 e. The molecule has 2 unspecified atom stereocenters. The molecule has 0 saturated heterocycles. The van der Waals surface area contributed by atoms with Crippen LogP contribution in [0.5, 0.6) is 0 Å². The quantitative estimate of drug-likeness (QED) is 0.901. The fourth-order valence-corrected chi connectivity index (χ4v) is 3.35. The normalized spacial score (nSPS) is 19.9. The van der Waals surface area contributed by atoms with Gasteiger partial charge in [-0.25, -0.2) is 0 Å². The summed E-state index contributed by atoms with van der Waals surface area (Å²) in [6.45, 7) is 0.581. The molecule has 0 spiro atoms. The zero-order chi connectivity index (χ0) is 13.1. The standard InChI is InChI=1S/C15H18N2OS/c18-14(12-6-8-19-10-12)9-17-13-5-1-3-11-4-2-7-16-15(11)13/h2,4,6-8,10,13-14,17-18H,1,3,5,9H2. The zero-order valence-electron chi connectivity index (χ0n) is 10.7. The largest absolute Gasteiger partial charge is 0.387 e. The van der Waals surface area contributed by atoms with E-state index < -0.39 is 6.10 Å². The van der Waals surface area contributed by atoms with E-state index in [0.29, 0.717) is 6.54 Å². The molecule has 3 nitrogen and oxygen atoms in total. The van der Waals surface area contributed by atoms with Crippen molar-refractivity contribution in [2.75, 3.05) is 6.54 Å². The lowest BCUT2D eigenvalue weighted by atomic mass is 9.92. The third kappa shape index (κ3) is 2.86. The van der Waals surface area contributed by atoms with Crippen LogP contribution in [0.15, 0.2) is 35.2 Å². The van der Waals surface area contributed by atoms with E-state index in [2.05, 4.69) is 16.4 Å². The van der Waals surface area contributed by atoms with Gasteiger partial charge in [0.15, 0.2) is 0 Å². The van der Waals surface area contributed by atoms with E-state index >= 15 is 0 Å². The molecular formula is C15H18N2OS. The molecule has 2 aromatic rings. The van der Waals surface area contributed by atoms with Crippen LogP contribution in [0.1, 0.15) is 41.8 Å². The zero-order valence-corrected chi connectivity index (χ0v) is 11.6. The van der Waals surface area contributed by atoms with Crippen LogP contribution < -0.4 is 5.32 Å². The van der Waals surface area contributed by atoms with E-state index in [1.165, 1.54) is 12.0 Å². The Labute approximate surface area is 117 Å². The van der Waals surface area contributed by atoms with Crippen molar-refractivity contribution in [3.63, 3.8) is 0 Å². The number of nitrogens with zero attached hydrogens (tertiary/aromatic N) is 1. The molecule has 0 aromatic carbocycles. The van der Waals surface area contributed by atoms with Gasteiger partial charge in [0.25, 0.3) is 0 Å². The molecular weight excluding hydrogens is 256 g/mol. The maximum atomic E-state index is 10.1. The molecule has 0 fully saturated rings. The van der Waals surface area contributed by atoms with E-state index in [1.807, 2.05) is 29.1 Å². The Bertz CT molecular complexity index is 527. The first-order chi connectivity index (χ1) is 9.34. The van der Waals surface area contributed by atoms with Gasteiger partial charge in [0.05, 0.1) is 11.8 Å². The van der Waals surface area contributed by atoms with Gasteiger partial charge in [-0.3, -0.25) is 4.98 Å². The molecule has 0 bridgehead atoms. The van der Waals surface area contributed by atoms with Crippen molar-refractivity contribution in [1.82, 2.24) is 10.3 Å². The molecule has 2 N–H and O–H groups in total. The number of pyridine rings is 1. The van der Waals surface area contributed by atoms with Gasteiger partial charge >= 0.3 is 0 Å². The van der Waals surface area contributed by atoms with Crippen LogP contribution in [0.4, 0.5) is 0 Å². The summed E-state index contributed by atoms with van der Waals surface area (Å²) in [6.07, 6.45) is 4.83. The molecule has 4 heteroatoms. The van der Waals surface area contributed by atoms with Crippen molar-refractivity contribution in [3.8, 4) is 0 Å². The Kier molecular flexibility index (Phi) is 3.92. The second-order valence-corrected chi connectivity index (χ2v) is 5.75. The number of aryl methyl sites for hydroxylation is 1. The number of aliphatic hydroxyl groups excluding tert-OH is 1. The molecule has 0 aliphatic heterocycles. The molecule has 2 atom stereocenters. The van der Waals surface area contributed by atoms with Crippen LogP contribution in [0.3, 0.4) is 0 Å². The number of hydrogen-bond donors (Lipinski definition) is 2. The maximum absolute atomic E-state index is 10.1. The summed E-state index contributed by atoms with van der Waals surface area (Å²) < 4.78 is 0. The van der Waals surface area contributed by atoms with Crippen LogP contribution in [-0.4, -0.2) is 16.6 Å². The first-order valence-corrected chi connectivity index (χ1v) is 7.66. The van der Waals surface area contributed by atoms with E-state index in [4.69, 9.17) is 0 Å². The van der Waals surface area contributed by atoms with Crippen molar-refractivity contribution in [1.29, 1.82) is 0 Å². The number of aromatic nitrogens is 1. The highest BCUT2D eigenvalue weighted by molar-refractivity contribution is 7.07. The third-order valence-corrected chi connectivity index (χ3v) is 4.38. The fourth-order valence-electron chi connectivity index (χ4n) is 2.64. The minimum Gasteiger partial charge on any atom is -0.387 e. The molecule has 100 valence electrons. The summed E-state index contributed by atoms with van der Waals surface area (Å²) in [5.74, 6) is 0. The highest BCUT2D eigenvalue weighted by Gasteiger charge is 2.21. The number of aliphatic hydroxyl groups is 1. The fraction of sp³-hybridized carbons (Fsp3) is 0.400.